The van der Waals surface area contributed by atoms with Crippen LogP contribution >= 0.6 is 11.6 Å². The molecule has 2 N–H and O–H groups in total. The molecule has 122 valence electrons. The zero-order valence-corrected chi connectivity index (χ0v) is 13.7. The molecule has 0 saturated carbocycles. The predicted molar refractivity (Wildman–Crippen MR) is 85.6 cm³/mol. The number of carboxylic acid groups (broad SMARTS) is 1. The molecule has 1 rings (SSSR count). The lowest BCUT2D eigenvalue weighted by Gasteiger charge is -2.20. The van der Waals surface area contributed by atoms with Gasteiger partial charge in [0.1, 0.15) is 5.60 Å². The minimum absolute atomic E-state index is 0.194. The molecule has 1 aromatic carbocycles. The van der Waals surface area contributed by atoms with Crippen molar-refractivity contribution >= 4 is 29.5 Å². The molecule has 0 heterocycles. The van der Waals surface area contributed by atoms with Crippen LogP contribution in [-0.2, 0) is 11.3 Å². The summed E-state index contributed by atoms with van der Waals surface area (Å²) < 4.78 is 5.14. The molecule has 0 radical (unpaired) electrons. The number of alkyl carbamates (subject to hydrolysis) is 1. The molecule has 6 nitrogen and oxygen atoms in total. The smallest absolute Gasteiger partial charge is 0.411 e. The molecule has 0 aliphatic rings. The number of anilines is 1. The molecule has 0 unspecified atom stereocenters. The highest BCUT2D eigenvalue weighted by molar-refractivity contribution is 6.18. The van der Waals surface area contributed by atoms with Crippen LogP contribution in [0.3, 0.4) is 0 Å². The fourth-order valence-corrected chi connectivity index (χ4v) is 1.91. The Morgan fingerprint density at radius 2 is 2.05 bits per heavy atom. The molecule has 0 atom stereocenters. The summed E-state index contributed by atoms with van der Waals surface area (Å²) >= 11 is 5.62. The standard InChI is InChI=1S/C15H21ClN2O4/c1-15(2,3)22-13(19)17-10-11-5-4-6-12(9-11)18(8-7-16)14(20)21/h4-6,9H,7-8,10H2,1-3H3,(H,17,19)(H,20,21). The number of hydrogen-bond donors (Lipinski definition) is 2. The van der Waals surface area contributed by atoms with E-state index in [9.17, 15) is 14.7 Å². The summed E-state index contributed by atoms with van der Waals surface area (Å²) in [5, 5.41) is 11.8. The van der Waals surface area contributed by atoms with Crippen LogP contribution in [0.2, 0.25) is 0 Å². The molecular weight excluding hydrogens is 308 g/mol. The summed E-state index contributed by atoms with van der Waals surface area (Å²) in [6.45, 7) is 5.79. The van der Waals surface area contributed by atoms with E-state index < -0.39 is 17.8 Å². The Kier molecular flexibility index (Phi) is 6.49. The summed E-state index contributed by atoms with van der Waals surface area (Å²) in [5.41, 5.74) is 0.715. The maximum absolute atomic E-state index is 11.6. The van der Waals surface area contributed by atoms with Gasteiger partial charge in [-0.15, -0.1) is 11.6 Å². The number of alkyl halides is 1. The Hall–Kier alpha value is -1.95. The summed E-state index contributed by atoms with van der Waals surface area (Å²) in [4.78, 5) is 24.0. The van der Waals surface area contributed by atoms with Gasteiger partial charge in [0.25, 0.3) is 0 Å². The zero-order chi connectivity index (χ0) is 16.8. The molecule has 0 saturated heterocycles. The number of benzene rings is 1. The second-order valence-electron chi connectivity index (χ2n) is 5.65. The SMILES string of the molecule is CC(C)(C)OC(=O)NCc1cccc(N(CCCl)C(=O)O)c1. The average Bonchev–Trinajstić information content (AvgIpc) is 2.40. The van der Waals surface area contributed by atoms with Crippen molar-refractivity contribution < 1.29 is 19.4 Å². The minimum Gasteiger partial charge on any atom is -0.465 e. The molecule has 0 aliphatic carbocycles. The zero-order valence-electron chi connectivity index (χ0n) is 12.9. The van der Waals surface area contributed by atoms with E-state index in [-0.39, 0.29) is 19.0 Å². The first kappa shape index (κ1) is 18.1. The van der Waals surface area contributed by atoms with Gasteiger partial charge in [-0.1, -0.05) is 12.1 Å². The quantitative estimate of drug-likeness (QED) is 0.811. The molecule has 0 bridgehead atoms. The highest BCUT2D eigenvalue weighted by Crippen LogP contribution is 2.17. The van der Waals surface area contributed by atoms with Gasteiger partial charge in [0.15, 0.2) is 0 Å². The van der Waals surface area contributed by atoms with Crippen LogP contribution in [0.5, 0.6) is 0 Å². The van der Waals surface area contributed by atoms with Gasteiger partial charge >= 0.3 is 12.2 Å². The summed E-state index contributed by atoms with van der Waals surface area (Å²) in [6, 6.07) is 6.89. The number of nitrogens with one attached hydrogen (secondary N) is 1. The maximum Gasteiger partial charge on any atom is 0.411 e. The van der Waals surface area contributed by atoms with Gasteiger partial charge in [0, 0.05) is 24.7 Å². The Balaban J connectivity index is 2.72. The number of nitrogens with zero attached hydrogens (tertiary/aromatic N) is 1. The van der Waals surface area contributed by atoms with Crippen molar-refractivity contribution in [1.29, 1.82) is 0 Å². The molecule has 22 heavy (non-hydrogen) atoms. The minimum atomic E-state index is -1.07. The largest absolute Gasteiger partial charge is 0.465 e. The van der Waals surface area contributed by atoms with Crippen LogP contribution in [-0.4, -0.2) is 35.3 Å². The van der Waals surface area contributed by atoms with Gasteiger partial charge in [-0.2, -0.15) is 0 Å². The summed E-state index contributed by atoms with van der Waals surface area (Å²) in [7, 11) is 0. The van der Waals surface area contributed by atoms with Crippen LogP contribution in [0, 0.1) is 0 Å². The topological polar surface area (TPSA) is 78.9 Å². The van der Waals surface area contributed by atoms with Crippen LogP contribution in [0.25, 0.3) is 0 Å². The molecular formula is C15H21ClN2O4. The fraction of sp³-hybridized carbons (Fsp3) is 0.467. The van der Waals surface area contributed by atoms with E-state index in [4.69, 9.17) is 16.3 Å². The van der Waals surface area contributed by atoms with Gasteiger partial charge in [-0.05, 0) is 38.5 Å². The number of rotatable bonds is 5. The Morgan fingerprint density at radius 3 is 2.59 bits per heavy atom. The summed E-state index contributed by atoms with van der Waals surface area (Å²) in [5.74, 6) is 0.201. The highest BCUT2D eigenvalue weighted by Gasteiger charge is 2.16. The molecule has 0 spiro atoms. The van der Waals surface area contributed by atoms with Crippen molar-refractivity contribution in [2.24, 2.45) is 0 Å². The van der Waals surface area contributed by atoms with E-state index in [1.807, 2.05) is 0 Å². The second-order valence-corrected chi connectivity index (χ2v) is 6.03. The van der Waals surface area contributed by atoms with Gasteiger partial charge in [0.05, 0.1) is 0 Å². The third kappa shape index (κ3) is 6.22. The number of carbonyl (C=O) groups is 2. The first-order valence-corrected chi connectivity index (χ1v) is 7.38. The van der Waals surface area contributed by atoms with Crippen LogP contribution < -0.4 is 10.2 Å². The number of ether oxygens (including phenoxy) is 1. The van der Waals surface area contributed by atoms with Crippen LogP contribution in [0.1, 0.15) is 26.3 Å². The van der Waals surface area contributed by atoms with E-state index >= 15 is 0 Å². The molecule has 0 fully saturated rings. The molecule has 0 aliphatic heterocycles. The summed E-state index contributed by atoms with van der Waals surface area (Å²) in [6.07, 6.45) is -1.59. The maximum atomic E-state index is 11.6. The molecule has 1 aromatic rings. The first-order valence-electron chi connectivity index (χ1n) is 6.85. The van der Waals surface area contributed by atoms with E-state index in [2.05, 4.69) is 5.32 Å². The third-order valence-corrected chi connectivity index (χ3v) is 2.77. The van der Waals surface area contributed by atoms with E-state index in [0.29, 0.717) is 5.69 Å². The normalized spacial score (nSPS) is 10.9. The van der Waals surface area contributed by atoms with Crippen molar-refractivity contribution in [1.82, 2.24) is 5.32 Å². The number of hydrogen-bond acceptors (Lipinski definition) is 3. The van der Waals surface area contributed by atoms with Crippen molar-refractivity contribution in [3.63, 3.8) is 0 Å². The number of carbonyl (C=O) groups excluding carboxylic acids is 1. The van der Waals surface area contributed by atoms with Crippen LogP contribution in [0.4, 0.5) is 15.3 Å². The lowest BCUT2D eigenvalue weighted by atomic mass is 10.2. The monoisotopic (exact) mass is 328 g/mol. The lowest BCUT2D eigenvalue weighted by molar-refractivity contribution is 0.0523. The van der Waals surface area contributed by atoms with Crippen molar-refractivity contribution in [2.75, 3.05) is 17.3 Å². The third-order valence-electron chi connectivity index (χ3n) is 2.60. The Morgan fingerprint density at radius 1 is 1.36 bits per heavy atom. The van der Waals surface area contributed by atoms with Gasteiger partial charge < -0.3 is 15.2 Å². The van der Waals surface area contributed by atoms with Crippen molar-refractivity contribution in [3.05, 3.63) is 29.8 Å². The average molecular weight is 329 g/mol. The van der Waals surface area contributed by atoms with Crippen molar-refractivity contribution in [3.8, 4) is 0 Å². The lowest BCUT2D eigenvalue weighted by Crippen LogP contribution is -2.32. The van der Waals surface area contributed by atoms with E-state index in [0.717, 1.165) is 10.5 Å². The predicted octanol–water partition coefficient (Wildman–Crippen LogP) is 3.43. The molecule has 0 aromatic heterocycles. The fourth-order valence-electron chi connectivity index (χ4n) is 1.74. The molecule has 7 heteroatoms. The van der Waals surface area contributed by atoms with E-state index in [1.54, 1.807) is 45.0 Å². The Labute approximate surface area is 135 Å². The van der Waals surface area contributed by atoms with Gasteiger partial charge in [-0.3, -0.25) is 4.90 Å². The van der Waals surface area contributed by atoms with Gasteiger partial charge in [0.2, 0.25) is 0 Å². The highest BCUT2D eigenvalue weighted by atomic mass is 35.5. The second kappa shape index (κ2) is 7.89. The number of halogens is 1. The van der Waals surface area contributed by atoms with Gasteiger partial charge in [-0.25, -0.2) is 9.59 Å². The van der Waals surface area contributed by atoms with E-state index in [1.165, 1.54) is 0 Å². The van der Waals surface area contributed by atoms with Crippen LogP contribution in [0.15, 0.2) is 24.3 Å². The molecule has 2 amide bonds. The van der Waals surface area contributed by atoms with Crippen molar-refractivity contribution in [2.45, 2.75) is 32.9 Å². The first-order chi connectivity index (χ1) is 10.2. The Bertz CT molecular complexity index is 529. The number of amides is 2.